The summed E-state index contributed by atoms with van der Waals surface area (Å²) in [5, 5.41) is 9.81. The molecule has 0 saturated heterocycles. The number of hydrogen-bond donors (Lipinski definition) is 2. The second-order valence-corrected chi connectivity index (χ2v) is 6.03. The number of halogens is 1. The number of thiazole rings is 1. The molecule has 22 heavy (non-hydrogen) atoms. The molecule has 0 atom stereocenters. The molecular formula is C16H23IN4S. The molecule has 2 N–H and O–H groups in total. The number of aromatic nitrogens is 1. The third-order valence-corrected chi connectivity index (χ3v) is 3.96. The van der Waals surface area contributed by atoms with Crippen LogP contribution in [-0.2, 0) is 13.1 Å². The Hall–Kier alpha value is -1.15. The van der Waals surface area contributed by atoms with Crippen LogP contribution in [0.4, 0.5) is 0 Å². The van der Waals surface area contributed by atoms with Crippen LogP contribution in [0.15, 0.2) is 40.7 Å². The van der Waals surface area contributed by atoms with Crippen LogP contribution in [-0.4, -0.2) is 18.0 Å². The average molecular weight is 430 g/mol. The van der Waals surface area contributed by atoms with E-state index in [-0.39, 0.29) is 24.0 Å². The van der Waals surface area contributed by atoms with Crippen LogP contribution >= 0.6 is 35.3 Å². The first kappa shape index (κ1) is 18.9. The molecule has 2 aromatic rings. The summed E-state index contributed by atoms with van der Waals surface area (Å²) < 4.78 is 0. The number of nitrogens with one attached hydrogen (secondary N) is 2. The van der Waals surface area contributed by atoms with Crippen molar-refractivity contribution in [1.82, 2.24) is 15.6 Å². The number of hydrogen-bond acceptors (Lipinski definition) is 3. The molecule has 2 rings (SSSR count). The van der Waals surface area contributed by atoms with E-state index in [0.717, 1.165) is 23.2 Å². The first-order chi connectivity index (χ1) is 10.2. The van der Waals surface area contributed by atoms with Crippen molar-refractivity contribution in [3.63, 3.8) is 0 Å². The zero-order chi connectivity index (χ0) is 15.1. The van der Waals surface area contributed by atoms with Gasteiger partial charge in [-0.25, -0.2) is 4.98 Å². The minimum Gasteiger partial charge on any atom is -0.352 e. The van der Waals surface area contributed by atoms with Crippen LogP contribution in [0.25, 0.3) is 0 Å². The minimum atomic E-state index is 0. The molecule has 0 spiro atoms. The smallest absolute Gasteiger partial charge is 0.191 e. The van der Waals surface area contributed by atoms with E-state index in [9.17, 15) is 0 Å². The molecular weight excluding hydrogens is 407 g/mol. The van der Waals surface area contributed by atoms with Crippen LogP contribution in [0.5, 0.6) is 0 Å². The molecule has 0 aliphatic heterocycles. The molecule has 0 amide bonds. The first-order valence-electron chi connectivity index (χ1n) is 7.11. The summed E-state index contributed by atoms with van der Waals surface area (Å²) in [6, 6.07) is 10.3. The number of guanidine groups is 1. The van der Waals surface area contributed by atoms with Gasteiger partial charge in [0.15, 0.2) is 5.96 Å². The topological polar surface area (TPSA) is 49.3 Å². The van der Waals surface area contributed by atoms with Crippen molar-refractivity contribution in [2.24, 2.45) is 4.99 Å². The Balaban J connectivity index is 0.00000242. The van der Waals surface area contributed by atoms with E-state index in [4.69, 9.17) is 0 Å². The normalized spacial score (nSPS) is 11.2. The number of rotatable bonds is 5. The van der Waals surface area contributed by atoms with Gasteiger partial charge in [0.2, 0.25) is 0 Å². The summed E-state index contributed by atoms with van der Waals surface area (Å²) in [4.78, 5) is 8.84. The van der Waals surface area contributed by atoms with Crippen molar-refractivity contribution < 1.29 is 0 Å². The lowest BCUT2D eigenvalue weighted by molar-refractivity contribution is 0.785. The highest BCUT2D eigenvalue weighted by Gasteiger charge is 2.06. The maximum atomic E-state index is 4.61. The molecule has 0 aliphatic carbocycles. The Bertz CT molecular complexity index is 581. The van der Waals surface area contributed by atoms with Crippen LogP contribution in [0.2, 0.25) is 0 Å². The van der Waals surface area contributed by atoms with E-state index < -0.39 is 0 Å². The Kier molecular flexibility index (Phi) is 8.40. The van der Waals surface area contributed by atoms with E-state index in [2.05, 4.69) is 52.0 Å². The molecule has 120 valence electrons. The highest BCUT2D eigenvalue weighted by atomic mass is 127. The first-order valence-corrected chi connectivity index (χ1v) is 7.99. The van der Waals surface area contributed by atoms with Crippen molar-refractivity contribution in [2.45, 2.75) is 32.9 Å². The summed E-state index contributed by atoms with van der Waals surface area (Å²) in [5.74, 6) is 1.27. The van der Waals surface area contributed by atoms with Gasteiger partial charge in [0.05, 0.1) is 12.2 Å². The lowest BCUT2D eigenvalue weighted by atomic mass is 10.2. The van der Waals surface area contributed by atoms with Gasteiger partial charge in [-0.2, -0.15) is 0 Å². The van der Waals surface area contributed by atoms with Gasteiger partial charge in [0.25, 0.3) is 0 Å². The highest BCUT2D eigenvalue weighted by Crippen LogP contribution is 2.17. The largest absolute Gasteiger partial charge is 0.352 e. The van der Waals surface area contributed by atoms with E-state index in [1.165, 1.54) is 5.56 Å². The summed E-state index contributed by atoms with van der Waals surface area (Å²) in [5.41, 5.74) is 2.39. The quantitative estimate of drug-likeness (QED) is 0.432. The summed E-state index contributed by atoms with van der Waals surface area (Å²) in [6.45, 7) is 5.78. The van der Waals surface area contributed by atoms with Gasteiger partial charge < -0.3 is 10.6 Å². The standard InChI is InChI=1S/C16H22N4S.HI/c1-12(2)14-11-21-15(20-14)10-19-16(17-3)18-9-13-7-5-4-6-8-13;/h4-8,11-12H,9-10H2,1-3H3,(H2,17,18,19);1H. The molecule has 0 aliphatic rings. The summed E-state index contributed by atoms with van der Waals surface area (Å²) >= 11 is 1.69. The third-order valence-electron chi connectivity index (χ3n) is 3.09. The fourth-order valence-electron chi connectivity index (χ4n) is 1.83. The second-order valence-electron chi connectivity index (χ2n) is 5.09. The predicted octanol–water partition coefficient (Wildman–Crippen LogP) is 3.75. The minimum absolute atomic E-state index is 0. The maximum absolute atomic E-state index is 4.61. The van der Waals surface area contributed by atoms with Crippen LogP contribution in [0.1, 0.15) is 36.0 Å². The molecule has 1 aromatic heterocycles. The molecule has 0 radical (unpaired) electrons. The molecule has 4 nitrogen and oxygen atoms in total. The Morgan fingerprint density at radius 1 is 1.18 bits per heavy atom. The number of nitrogens with zero attached hydrogens (tertiary/aromatic N) is 2. The predicted molar refractivity (Wildman–Crippen MR) is 105 cm³/mol. The van der Waals surface area contributed by atoms with Gasteiger partial charge in [0, 0.05) is 19.0 Å². The molecule has 1 heterocycles. The molecule has 6 heteroatoms. The molecule has 0 bridgehead atoms. The third kappa shape index (κ3) is 5.92. The van der Waals surface area contributed by atoms with Gasteiger partial charge in [-0.15, -0.1) is 35.3 Å². The number of aliphatic imine (C=N–C) groups is 1. The van der Waals surface area contributed by atoms with Gasteiger partial charge >= 0.3 is 0 Å². The van der Waals surface area contributed by atoms with Crippen molar-refractivity contribution in [2.75, 3.05) is 7.05 Å². The van der Waals surface area contributed by atoms with Crippen LogP contribution in [0, 0.1) is 0 Å². The monoisotopic (exact) mass is 430 g/mol. The zero-order valence-corrected chi connectivity index (χ0v) is 16.3. The fourth-order valence-corrected chi connectivity index (χ4v) is 2.73. The van der Waals surface area contributed by atoms with E-state index >= 15 is 0 Å². The maximum Gasteiger partial charge on any atom is 0.191 e. The van der Waals surface area contributed by atoms with E-state index in [1.807, 2.05) is 18.2 Å². The highest BCUT2D eigenvalue weighted by molar-refractivity contribution is 14.0. The van der Waals surface area contributed by atoms with E-state index in [0.29, 0.717) is 12.5 Å². The van der Waals surface area contributed by atoms with Gasteiger partial charge in [-0.3, -0.25) is 4.99 Å². The fraction of sp³-hybridized carbons (Fsp3) is 0.375. The lowest BCUT2D eigenvalue weighted by Crippen LogP contribution is -2.36. The molecule has 0 fully saturated rings. The molecule has 1 aromatic carbocycles. The van der Waals surface area contributed by atoms with Crippen molar-refractivity contribution in [3.8, 4) is 0 Å². The Morgan fingerprint density at radius 3 is 2.45 bits per heavy atom. The lowest BCUT2D eigenvalue weighted by Gasteiger charge is -2.10. The average Bonchev–Trinajstić information content (AvgIpc) is 2.98. The van der Waals surface area contributed by atoms with Crippen LogP contribution < -0.4 is 10.6 Å². The SMILES string of the molecule is CN=C(NCc1ccccc1)NCc1nc(C(C)C)cs1.I. The summed E-state index contributed by atoms with van der Waals surface area (Å²) in [6.07, 6.45) is 0. The molecule has 0 saturated carbocycles. The zero-order valence-electron chi connectivity index (χ0n) is 13.2. The Morgan fingerprint density at radius 2 is 1.86 bits per heavy atom. The number of benzene rings is 1. The van der Waals surface area contributed by atoms with Gasteiger partial charge in [-0.05, 0) is 11.5 Å². The van der Waals surface area contributed by atoms with Crippen molar-refractivity contribution >= 4 is 41.3 Å². The van der Waals surface area contributed by atoms with Gasteiger partial charge in [0.1, 0.15) is 5.01 Å². The van der Waals surface area contributed by atoms with Crippen molar-refractivity contribution in [1.29, 1.82) is 0 Å². The van der Waals surface area contributed by atoms with E-state index in [1.54, 1.807) is 18.4 Å². The molecule has 0 unspecified atom stereocenters. The van der Waals surface area contributed by atoms with Gasteiger partial charge in [-0.1, -0.05) is 44.2 Å². The summed E-state index contributed by atoms with van der Waals surface area (Å²) in [7, 11) is 1.78. The van der Waals surface area contributed by atoms with Crippen LogP contribution in [0.3, 0.4) is 0 Å². The van der Waals surface area contributed by atoms with Crippen molar-refractivity contribution in [3.05, 3.63) is 52.0 Å². The second kappa shape index (κ2) is 9.78. The Labute approximate surface area is 153 Å².